The van der Waals surface area contributed by atoms with Crippen molar-refractivity contribution in [2.24, 2.45) is 5.73 Å². The van der Waals surface area contributed by atoms with Crippen molar-refractivity contribution in [2.75, 3.05) is 6.61 Å². The summed E-state index contributed by atoms with van der Waals surface area (Å²) in [6.07, 6.45) is 6.56. The van der Waals surface area contributed by atoms with E-state index in [4.69, 9.17) is 15.2 Å². The fourth-order valence-corrected chi connectivity index (χ4v) is 1.60. The highest BCUT2D eigenvalue weighted by molar-refractivity contribution is 5.23. The number of pyridine rings is 1. The van der Waals surface area contributed by atoms with Crippen LogP contribution in [0, 0.1) is 0 Å². The monoisotopic (exact) mass is 208 g/mol. The predicted molar refractivity (Wildman–Crippen MR) is 56.3 cm³/mol. The molecule has 1 aromatic rings. The average molecular weight is 208 g/mol. The van der Waals surface area contributed by atoms with E-state index < -0.39 is 0 Å². The molecule has 1 unspecified atom stereocenters. The van der Waals surface area contributed by atoms with Gasteiger partial charge in [0.15, 0.2) is 6.29 Å². The first-order valence-corrected chi connectivity index (χ1v) is 5.31. The van der Waals surface area contributed by atoms with Gasteiger partial charge in [-0.3, -0.25) is 4.98 Å². The maximum Gasteiger partial charge on any atom is 0.199 e. The fourth-order valence-electron chi connectivity index (χ4n) is 1.60. The zero-order chi connectivity index (χ0) is 10.5. The van der Waals surface area contributed by atoms with Gasteiger partial charge < -0.3 is 15.2 Å². The Morgan fingerprint density at radius 1 is 1.47 bits per heavy atom. The Balaban J connectivity index is 1.96. The highest BCUT2D eigenvalue weighted by atomic mass is 16.7. The van der Waals surface area contributed by atoms with Crippen LogP contribution in [0.5, 0.6) is 5.75 Å². The normalized spacial score (nSPS) is 21.3. The summed E-state index contributed by atoms with van der Waals surface area (Å²) in [6, 6.07) is 1.91. The molecule has 1 aromatic heterocycles. The molecule has 1 saturated heterocycles. The molecule has 1 aliphatic heterocycles. The minimum Gasteiger partial charge on any atom is -0.463 e. The van der Waals surface area contributed by atoms with Crippen molar-refractivity contribution in [3.8, 4) is 5.75 Å². The van der Waals surface area contributed by atoms with Crippen molar-refractivity contribution in [1.82, 2.24) is 4.98 Å². The Hall–Kier alpha value is -1.13. The van der Waals surface area contributed by atoms with Gasteiger partial charge in [0.05, 0.1) is 12.8 Å². The number of aromatic nitrogens is 1. The lowest BCUT2D eigenvalue weighted by molar-refractivity contribution is -0.106. The molecule has 1 fully saturated rings. The standard InChI is InChI=1S/C11H16N2O2/c12-6-9-5-10(8-13-7-9)15-11-3-1-2-4-14-11/h5,7-8,11H,1-4,6,12H2. The molecule has 4 nitrogen and oxygen atoms in total. The molecule has 15 heavy (non-hydrogen) atoms. The number of rotatable bonds is 3. The van der Waals surface area contributed by atoms with Crippen LogP contribution in [-0.4, -0.2) is 17.9 Å². The molecule has 1 aliphatic rings. The van der Waals surface area contributed by atoms with E-state index in [0.717, 1.165) is 37.2 Å². The number of ether oxygens (including phenoxy) is 2. The van der Waals surface area contributed by atoms with Crippen molar-refractivity contribution in [3.05, 3.63) is 24.0 Å². The maximum atomic E-state index is 5.66. The highest BCUT2D eigenvalue weighted by Crippen LogP contribution is 2.18. The second-order valence-corrected chi connectivity index (χ2v) is 3.65. The van der Waals surface area contributed by atoms with Gasteiger partial charge in [0, 0.05) is 19.2 Å². The summed E-state index contributed by atoms with van der Waals surface area (Å²) in [5.74, 6) is 0.741. The summed E-state index contributed by atoms with van der Waals surface area (Å²) in [7, 11) is 0. The molecule has 4 heteroatoms. The Morgan fingerprint density at radius 2 is 2.40 bits per heavy atom. The maximum absolute atomic E-state index is 5.66. The van der Waals surface area contributed by atoms with E-state index in [1.807, 2.05) is 6.07 Å². The first kappa shape index (κ1) is 10.4. The van der Waals surface area contributed by atoms with Crippen molar-refractivity contribution in [2.45, 2.75) is 32.1 Å². The molecule has 2 N–H and O–H groups in total. The van der Waals surface area contributed by atoms with E-state index in [0.29, 0.717) is 6.54 Å². The van der Waals surface area contributed by atoms with Crippen LogP contribution in [0.15, 0.2) is 18.5 Å². The molecule has 0 amide bonds. The first-order valence-electron chi connectivity index (χ1n) is 5.31. The average Bonchev–Trinajstić information content (AvgIpc) is 2.31. The second kappa shape index (κ2) is 5.09. The predicted octanol–water partition coefficient (Wildman–Crippen LogP) is 1.45. The van der Waals surface area contributed by atoms with Crippen molar-refractivity contribution < 1.29 is 9.47 Å². The van der Waals surface area contributed by atoms with E-state index >= 15 is 0 Å². The van der Waals surface area contributed by atoms with Gasteiger partial charge in [-0.25, -0.2) is 0 Å². The van der Waals surface area contributed by atoms with E-state index in [2.05, 4.69) is 4.98 Å². The topological polar surface area (TPSA) is 57.4 Å². The van der Waals surface area contributed by atoms with E-state index in [1.165, 1.54) is 0 Å². The molecule has 82 valence electrons. The van der Waals surface area contributed by atoms with Gasteiger partial charge in [0.1, 0.15) is 5.75 Å². The SMILES string of the molecule is NCc1cncc(OC2CCCCO2)c1. The van der Waals surface area contributed by atoms with Crippen LogP contribution in [0.3, 0.4) is 0 Å². The summed E-state index contributed by atoms with van der Waals surface area (Å²) in [5.41, 5.74) is 6.50. The highest BCUT2D eigenvalue weighted by Gasteiger charge is 2.15. The molecule has 2 heterocycles. The summed E-state index contributed by atoms with van der Waals surface area (Å²) < 4.78 is 11.1. The Morgan fingerprint density at radius 3 is 3.13 bits per heavy atom. The number of nitrogens with two attached hydrogens (primary N) is 1. The lowest BCUT2D eigenvalue weighted by Crippen LogP contribution is -2.25. The van der Waals surface area contributed by atoms with E-state index in [9.17, 15) is 0 Å². The third-order valence-corrected chi connectivity index (χ3v) is 2.41. The minimum absolute atomic E-state index is 0.117. The third kappa shape index (κ3) is 2.91. The Kier molecular flexibility index (Phi) is 3.53. The Labute approximate surface area is 89.4 Å². The lowest BCUT2D eigenvalue weighted by Gasteiger charge is -2.23. The summed E-state index contributed by atoms with van der Waals surface area (Å²) in [5, 5.41) is 0. The van der Waals surface area contributed by atoms with E-state index in [1.54, 1.807) is 12.4 Å². The van der Waals surface area contributed by atoms with E-state index in [-0.39, 0.29) is 6.29 Å². The van der Waals surface area contributed by atoms with Gasteiger partial charge in [-0.05, 0) is 24.5 Å². The van der Waals surface area contributed by atoms with Crippen molar-refractivity contribution in [3.63, 3.8) is 0 Å². The third-order valence-electron chi connectivity index (χ3n) is 2.41. The van der Waals surface area contributed by atoms with Crippen molar-refractivity contribution >= 4 is 0 Å². The van der Waals surface area contributed by atoms with Crippen LogP contribution in [-0.2, 0) is 11.3 Å². The molecule has 1 atom stereocenters. The molecule has 2 rings (SSSR count). The molecule has 0 aliphatic carbocycles. The first-order chi connectivity index (χ1) is 7.38. The van der Waals surface area contributed by atoms with Gasteiger partial charge >= 0.3 is 0 Å². The van der Waals surface area contributed by atoms with Gasteiger partial charge in [0.2, 0.25) is 0 Å². The Bertz CT molecular complexity index is 311. The van der Waals surface area contributed by atoms with Crippen LogP contribution in [0.4, 0.5) is 0 Å². The van der Waals surface area contributed by atoms with Crippen LogP contribution < -0.4 is 10.5 Å². The summed E-state index contributed by atoms with van der Waals surface area (Å²) >= 11 is 0. The molecule has 0 aromatic carbocycles. The van der Waals surface area contributed by atoms with Crippen LogP contribution in [0.1, 0.15) is 24.8 Å². The quantitative estimate of drug-likeness (QED) is 0.816. The molecular weight excluding hydrogens is 192 g/mol. The fraction of sp³-hybridized carbons (Fsp3) is 0.545. The second-order valence-electron chi connectivity index (χ2n) is 3.65. The lowest BCUT2D eigenvalue weighted by atomic mass is 10.2. The zero-order valence-corrected chi connectivity index (χ0v) is 8.69. The summed E-state index contributed by atoms with van der Waals surface area (Å²) in [6.45, 7) is 1.27. The number of hydrogen-bond donors (Lipinski definition) is 1. The summed E-state index contributed by atoms with van der Waals surface area (Å²) in [4.78, 5) is 4.06. The van der Waals surface area contributed by atoms with Gasteiger partial charge in [0.25, 0.3) is 0 Å². The van der Waals surface area contributed by atoms with Gasteiger partial charge in [-0.15, -0.1) is 0 Å². The largest absolute Gasteiger partial charge is 0.463 e. The van der Waals surface area contributed by atoms with Crippen LogP contribution >= 0.6 is 0 Å². The van der Waals surface area contributed by atoms with Gasteiger partial charge in [-0.2, -0.15) is 0 Å². The van der Waals surface area contributed by atoms with Gasteiger partial charge in [-0.1, -0.05) is 0 Å². The van der Waals surface area contributed by atoms with Crippen LogP contribution in [0.2, 0.25) is 0 Å². The van der Waals surface area contributed by atoms with Crippen LogP contribution in [0.25, 0.3) is 0 Å². The molecular formula is C11H16N2O2. The molecule has 0 bridgehead atoms. The zero-order valence-electron chi connectivity index (χ0n) is 8.69. The molecule has 0 saturated carbocycles. The number of hydrogen-bond acceptors (Lipinski definition) is 4. The molecule has 0 radical (unpaired) electrons. The number of nitrogens with zero attached hydrogens (tertiary/aromatic N) is 1. The smallest absolute Gasteiger partial charge is 0.199 e. The minimum atomic E-state index is -0.117. The van der Waals surface area contributed by atoms with Crippen molar-refractivity contribution in [1.29, 1.82) is 0 Å². The molecule has 0 spiro atoms.